The number of halogens is 1. The van der Waals surface area contributed by atoms with Crippen molar-refractivity contribution in [2.75, 3.05) is 5.32 Å². The van der Waals surface area contributed by atoms with Crippen molar-refractivity contribution in [1.82, 2.24) is 30.3 Å². The largest absolute Gasteiger partial charge is 0.361 e. The number of anilines is 1. The Morgan fingerprint density at radius 3 is 2.72 bits per heavy atom. The lowest BCUT2D eigenvalue weighted by Crippen LogP contribution is -2.16. The number of tetrazole rings is 1. The Kier molecular flexibility index (Phi) is 4.75. The van der Waals surface area contributed by atoms with Crippen LogP contribution in [0.15, 0.2) is 47.0 Å². The molecule has 3 aromatic heterocycles. The second-order valence-electron chi connectivity index (χ2n) is 7.46. The van der Waals surface area contributed by atoms with Crippen molar-refractivity contribution in [2.45, 2.75) is 13.8 Å². The zero-order chi connectivity index (χ0) is 22.4. The lowest BCUT2D eigenvalue weighted by molar-refractivity contribution is 0.102. The van der Waals surface area contributed by atoms with E-state index in [-0.39, 0.29) is 5.91 Å². The molecule has 0 fully saturated rings. The highest BCUT2D eigenvalue weighted by molar-refractivity contribution is 6.31. The number of aryl methyl sites for hydroxylation is 3. The summed E-state index contributed by atoms with van der Waals surface area (Å²) in [6.45, 7) is 3.80. The number of amides is 1. The first-order chi connectivity index (χ1) is 15.4. The molecule has 0 radical (unpaired) electrons. The molecule has 32 heavy (non-hydrogen) atoms. The Labute approximate surface area is 187 Å². The van der Waals surface area contributed by atoms with Gasteiger partial charge in [-0.3, -0.25) is 4.79 Å². The Morgan fingerprint density at radius 1 is 1.16 bits per heavy atom. The van der Waals surface area contributed by atoms with E-state index in [1.165, 1.54) is 0 Å². The van der Waals surface area contributed by atoms with E-state index in [1.54, 1.807) is 18.2 Å². The van der Waals surface area contributed by atoms with Crippen LogP contribution in [0.4, 0.5) is 5.69 Å². The summed E-state index contributed by atoms with van der Waals surface area (Å²) in [5, 5.41) is 22.3. The van der Waals surface area contributed by atoms with Gasteiger partial charge in [-0.15, -0.1) is 5.10 Å². The van der Waals surface area contributed by atoms with Gasteiger partial charge in [-0.25, -0.2) is 5.10 Å². The van der Waals surface area contributed by atoms with Crippen molar-refractivity contribution in [3.8, 4) is 22.5 Å². The first-order valence-electron chi connectivity index (χ1n) is 9.80. The molecule has 5 aromatic rings. The first kappa shape index (κ1) is 20.0. The lowest BCUT2D eigenvalue weighted by atomic mass is 10.0. The molecule has 2 aromatic carbocycles. The normalized spacial score (nSPS) is 11.2. The van der Waals surface area contributed by atoms with E-state index in [4.69, 9.17) is 16.1 Å². The van der Waals surface area contributed by atoms with Crippen LogP contribution in [0.3, 0.4) is 0 Å². The number of carbonyl (C=O) groups is 1. The molecule has 0 saturated heterocycles. The SMILES string of the molecule is Cc1noc(C)c1-c1ccc2cc(C(=O)Nc3ccc(Cl)cc3-c3nnn[nH]3)n(C)c2c1. The maximum atomic E-state index is 13.2. The van der Waals surface area contributed by atoms with Crippen LogP contribution in [-0.4, -0.2) is 36.3 Å². The standard InChI is InChI=1S/C22H18ClN7O2/c1-11-20(12(2)32-27-11)14-5-4-13-8-19(30(3)18(13)9-14)22(31)24-17-7-6-15(23)10-16(17)21-25-28-29-26-21/h4-10H,1-3H3,(H,24,31)(H,25,26,28,29). The van der Waals surface area contributed by atoms with E-state index >= 15 is 0 Å². The number of aromatic nitrogens is 6. The number of hydrogen-bond donors (Lipinski definition) is 2. The zero-order valence-electron chi connectivity index (χ0n) is 17.5. The van der Waals surface area contributed by atoms with Gasteiger partial charge in [-0.05, 0) is 60.2 Å². The van der Waals surface area contributed by atoms with Crippen molar-refractivity contribution >= 4 is 34.1 Å². The first-order valence-corrected chi connectivity index (χ1v) is 10.2. The van der Waals surface area contributed by atoms with Crippen molar-refractivity contribution < 1.29 is 9.32 Å². The molecule has 0 bridgehead atoms. The number of rotatable bonds is 4. The van der Waals surface area contributed by atoms with Crippen LogP contribution >= 0.6 is 11.6 Å². The third-order valence-electron chi connectivity index (χ3n) is 5.43. The molecule has 3 heterocycles. The zero-order valence-corrected chi connectivity index (χ0v) is 18.2. The number of benzene rings is 2. The monoisotopic (exact) mass is 447 g/mol. The van der Waals surface area contributed by atoms with Crippen LogP contribution in [0.25, 0.3) is 33.4 Å². The summed E-state index contributed by atoms with van der Waals surface area (Å²) in [5.74, 6) is 0.897. The summed E-state index contributed by atoms with van der Waals surface area (Å²) in [5.41, 5.74) is 5.34. The molecule has 0 unspecified atom stereocenters. The topological polar surface area (TPSA) is 115 Å². The van der Waals surface area contributed by atoms with Gasteiger partial charge in [0.05, 0.1) is 11.4 Å². The number of carbonyl (C=O) groups excluding carboxylic acids is 1. The Balaban J connectivity index is 1.52. The second kappa shape index (κ2) is 7.61. The maximum Gasteiger partial charge on any atom is 0.272 e. The number of H-pyrrole nitrogens is 1. The van der Waals surface area contributed by atoms with E-state index in [0.717, 1.165) is 33.5 Å². The van der Waals surface area contributed by atoms with Gasteiger partial charge in [0.25, 0.3) is 5.91 Å². The maximum absolute atomic E-state index is 13.2. The highest BCUT2D eigenvalue weighted by Crippen LogP contribution is 2.32. The fourth-order valence-electron chi connectivity index (χ4n) is 3.88. The van der Waals surface area contributed by atoms with Crippen molar-refractivity contribution in [2.24, 2.45) is 7.05 Å². The molecule has 9 nitrogen and oxygen atoms in total. The van der Waals surface area contributed by atoms with Gasteiger partial charge in [0.15, 0.2) is 5.82 Å². The van der Waals surface area contributed by atoms with Gasteiger partial charge >= 0.3 is 0 Å². The van der Waals surface area contributed by atoms with Crippen LogP contribution in [-0.2, 0) is 7.05 Å². The average Bonchev–Trinajstić information content (AvgIpc) is 3.50. The predicted octanol–water partition coefficient (Wildman–Crippen LogP) is 4.54. The minimum Gasteiger partial charge on any atom is -0.361 e. The van der Waals surface area contributed by atoms with Gasteiger partial charge in [-0.2, -0.15) is 0 Å². The quantitative estimate of drug-likeness (QED) is 0.418. The fraction of sp³-hybridized carbons (Fsp3) is 0.136. The van der Waals surface area contributed by atoms with E-state index in [1.807, 2.05) is 49.7 Å². The van der Waals surface area contributed by atoms with Crippen molar-refractivity contribution in [3.05, 3.63) is 64.6 Å². The predicted molar refractivity (Wildman–Crippen MR) is 120 cm³/mol. The second-order valence-corrected chi connectivity index (χ2v) is 7.89. The Bertz CT molecular complexity index is 1450. The molecule has 0 aliphatic heterocycles. The summed E-state index contributed by atoms with van der Waals surface area (Å²) in [6, 6.07) is 13.0. The smallest absolute Gasteiger partial charge is 0.272 e. The molecular weight excluding hydrogens is 430 g/mol. The molecule has 10 heteroatoms. The third kappa shape index (κ3) is 3.32. The van der Waals surface area contributed by atoms with Gasteiger partial charge in [0.1, 0.15) is 11.5 Å². The van der Waals surface area contributed by atoms with Crippen molar-refractivity contribution in [3.63, 3.8) is 0 Å². The molecule has 1 amide bonds. The van der Waals surface area contributed by atoms with Gasteiger partial charge in [-0.1, -0.05) is 28.9 Å². The molecule has 0 aliphatic rings. The van der Waals surface area contributed by atoms with Crippen LogP contribution in [0, 0.1) is 13.8 Å². The van der Waals surface area contributed by atoms with E-state index in [9.17, 15) is 4.79 Å². The third-order valence-corrected chi connectivity index (χ3v) is 5.67. The van der Waals surface area contributed by atoms with Crippen molar-refractivity contribution in [1.29, 1.82) is 0 Å². The molecule has 0 spiro atoms. The highest BCUT2D eigenvalue weighted by Gasteiger charge is 2.18. The number of hydrogen-bond acceptors (Lipinski definition) is 6. The summed E-state index contributed by atoms with van der Waals surface area (Å²) in [4.78, 5) is 13.2. The molecule has 0 aliphatic carbocycles. The number of nitrogens with zero attached hydrogens (tertiary/aromatic N) is 5. The Morgan fingerprint density at radius 2 is 2.00 bits per heavy atom. The molecule has 5 rings (SSSR count). The van der Waals surface area contributed by atoms with E-state index < -0.39 is 0 Å². The molecule has 0 saturated carbocycles. The number of nitrogens with one attached hydrogen (secondary N) is 2. The van der Waals surface area contributed by atoms with Gasteiger partial charge in [0.2, 0.25) is 0 Å². The van der Waals surface area contributed by atoms with Crippen LogP contribution < -0.4 is 5.32 Å². The van der Waals surface area contributed by atoms with Gasteiger partial charge < -0.3 is 14.4 Å². The lowest BCUT2D eigenvalue weighted by Gasteiger charge is -2.10. The van der Waals surface area contributed by atoms with Crippen LogP contribution in [0.5, 0.6) is 0 Å². The van der Waals surface area contributed by atoms with Crippen LogP contribution in [0.1, 0.15) is 21.9 Å². The molecular formula is C22H18ClN7O2. The summed E-state index contributed by atoms with van der Waals surface area (Å²) >= 11 is 6.13. The summed E-state index contributed by atoms with van der Waals surface area (Å²) < 4.78 is 7.16. The van der Waals surface area contributed by atoms with E-state index in [0.29, 0.717) is 27.8 Å². The molecule has 160 valence electrons. The summed E-state index contributed by atoms with van der Waals surface area (Å²) in [7, 11) is 1.86. The summed E-state index contributed by atoms with van der Waals surface area (Å²) in [6.07, 6.45) is 0. The minimum absolute atomic E-state index is 0.265. The number of fused-ring (bicyclic) bond motifs is 1. The molecule has 0 atom stereocenters. The van der Waals surface area contributed by atoms with E-state index in [2.05, 4.69) is 31.1 Å². The number of aromatic amines is 1. The average molecular weight is 448 g/mol. The van der Waals surface area contributed by atoms with Crippen LogP contribution in [0.2, 0.25) is 5.02 Å². The minimum atomic E-state index is -0.265. The molecule has 2 N–H and O–H groups in total. The highest BCUT2D eigenvalue weighted by atomic mass is 35.5. The Hall–Kier alpha value is -3.98. The van der Waals surface area contributed by atoms with Gasteiger partial charge in [0, 0.05) is 34.1 Å². The fourth-order valence-corrected chi connectivity index (χ4v) is 4.05.